The summed E-state index contributed by atoms with van der Waals surface area (Å²) < 4.78 is 0. The van der Waals surface area contributed by atoms with Gasteiger partial charge in [0.1, 0.15) is 0 Å². The van der Waals surface area contributed by atoms with Gasteiger partial charge in [0.05, 0.1) is 0 Å². The van der Waals surface area contributed by atoms with Gasteiger partial charge in [-0.05, 0) is 103 Å². The van der Waals surface area contributed by atoms with Crippen LogP contribution in [-0.2, 0) is 4.79 Å². The number of ketones is 1. The quantitative estimate of drug-likeness (QED) is 0.443. The molecule has 0 N–H and O–H groups in total. The Morgan fingerprint density at radius 3 is 2.27 bits per heavy atom. The number of hydrogen-bond acceptors (Lipinski definition) is 1. The molecule has 0 saturated heterocycles. The van der Waals surface area contributed by atoms with Crippen molar-refractivity contribution >= 4 is 5.78 Å². The molecule has 0 bridgehead atoms. The number of Topliss-reactive ketones (excluding diaryl/α,β-unsaturated/α-hetero) is 1. The van der Waals surface area contributed by atoms with Gasteiger partial charge in [0, 0.05) is 6.42 Å². The SMILES string of the molecule is CC1=C2CCC3C(CCC4(C)C(C(C)CCCC(C)C)CCC34C)C2(C)CCC1=O. The largest absolute Gasteiger partial charge is 0.295 e. The maximum Gasteiger partial charge on any atom is 0.158 e. The molecule has 4 aliphatic carbocycles. The Kier molecular flexibility index (Phi) is 5.85. The first-order valence-corrected chi connectivity index (χ1v) is 13.3. The lowest BCUT2D eigenvalue weighted by molar-refractivity contribution is -0.127. The zero-order chi connectivity index (χ0) is 21.9. The first-order valence-electron chi connectivity index (χ1n) is 13.3. The van der Waals surface area contributed by atoms with Crippen LogP contribution in [0.4, 0.5) is 0 Å². The van der Waals surface area contributed by atoms with Gasteiger partial charge in [0.2, 0.25) is 0 Å². The second-order valence-electron chi connectivity index (χ2n) is 13.0. The molecule has 0 aromatic carbocycles. The van der Waals surface area contributed by atoms with Crippen LogP contribution in [0, 0.1) is 45.8 Å². The van der Waals surface area contributed by atoms with Gasteiger partial charge in [-0.3, -0.25) is 4.79 Å². The molecule has 3 fully saturated rings. The van der Waals surface area contributed by atoms with Crippen LogP contribution in [0.3, 0.4) is 0 Å². The van der Waals surface area contributed by atoms with Gasteiger partial charge in [-0.15, -0.1) is 0 Å². The Hall–Kier alpha value is -0.590. The number of fused-ring (bicyclic) bond motifs is 5. The van der Waals surface area contributed by atoms with Crippen LogP contribution in [0.2, 0.25) is 0 Å². The smallest absolute Gasteiger partial charge is 0.158 e. The molecule has 0 aromatic rings. The molecular weight excluding hydrogens is 364 g/mol. The molecule has 0 heterocycles. The summed E-state index contributed by atoms with van der Waals surface area (Å²) in [6.07, 6.45) is 14.4. The fraction of sp³-hybridized carbons (Fsp3) is 0.897. The van der Waals surface area contributed by atoms with Crippen LogP contribution < -0.4 is 0 Å². The van der Waals surface area contributed by atoms with E-state index in [2.05, 4.69) is 48.5 Å². The van der Waals surface area contributed by atoms with Crippen molar-refractivity contribution in [2.24, 2.45) is 45.8 Å². The number of hydrogen-bond donors (Lipinski definition) is 0. The van der Waals surface area contributed by atoms with Crippen LogP contribution in [0.25, 0.3) is 0 Å². The molecule has 7 unspecified atom stereocenters. The average molecular weight is 413 g/mol. The van der Waals surface area contributed by atoms with Crippen molar-refractivity contribution in [1.82, 2.24) is 0 Å². The minimum absolute atomic E-state index is 0.298. The maximum atomic E-state index is 12.4. The maximum absolute atomic E-state index is 12.4. The molecule has 0 radical (unpaired) electrons. The van der Waals surface area contributed by atoms with Crippen LogP contribution in [0.5, 0.6) is 0 Å². The summed E-state index contributed by atoms with van der Waals surface area (Å²) in [6, 6.07) is 0. The van der Waals surface area contributed by atoms with Gasteiger partial charge < -0.3 is 0 Å². The predicted octanol–water partition coefficient (Wildman–Crippen LogP) is 8.38. The predicted molar refractivity (Wildman–Crippen MR) is 127 cm³/mol. The lowest BCUT2D eigenvalue weighted by Gasteiger charge is -2.63. The topological polar surface area (TPSA) is 17.1 Å². The summed E-state index contributed by atoms with van der Waals surface area (Å²) >= 11 is 0. The van der Waals surface area contributed by atoms with Gasteiger partial charge in [-0.2, -0.15) is 0 Å². The third-order valence-electron chi connectivity index (χ3n) is 11.5. The fourth-order valence-corrected chi connectivity index (χ4v) is 9.40. The molecule has 1 heteroatoms. The Morgan fingerprint density at radius 2 is 1.57 bits per heavy atom. The molecule has 0 amide bonds. The van der Waals surface area contributed by atoms with E-state index in [1.807, 2.05) is 0 Å². The van der Waals surface area contributed by atoms with E-state index in [4.69, 9.17) is 0 Å². The molecule has 0 spiro atoms. The van der Waals surface area contributed by atoms with E-state index in [0.717, 1.165) is 48.0 Å². The second kappa shape index (κ2) is 7.77. The van der Waals surface area contributed by atoms with Crippen molar-refractivity contribution in [3.05, 3.63) is 11.1 Å². The van der Waals surface area contributed by atoms with Crippen molar-refractivity contribution in [3.63, 3.8) is 0 Å². The minimum atomic E-state index is 0.298. The van der Waals surface area contributed by atoms with Gasteiger partial charge >= 0.3 is 0 Å². The van der Waals surface area contributed by atoms with Gasteiger partial charge in [-0.25, -0.2) is 0 Å². The average Bonchev–Trinajstić information content (AvgIpc) is 2.96. The summed E-state index contributed by atoms with van der Waals surface area (Å²) in [5, 5.41) is 0. The van der Waals surface area contributed by atoms with Crippen LogP contribution >= 0.6 is 0 Å². The Bertz CT molecular complexity index is 716. The summed E-state index contributed by atoms with van der Waals surface area (Å²) in [5.41, 5.74) is 4.01. The number of carbonyl (C=O) groups is 1. The minimum Gasteiger partial charge on any atom is -0.295 e. The van der Waals surface area contributed by atoms with E-state index in [0.29, 0.717) is 22.0 Å². The molecule has 3 saturated carbocycles. The van der Waals surface area contributed by atoms with Crippen molar-refractivity contribution < 1.29 is 4.79 Å². The van der Waals surface area contributed by atoms with Crippen molar-refractivity contribution in [3.8, 4) is 0 Å². The Morgan fingerprint density at radius 1 is 0.867 bits per heavy atom. The highest BCUT2D eigenvalue weighted by atomic mass is 16.1. The zero-order valence-electron chi connectivity index (χ0n) is 21.1. The molecule has 0 aliphatic heterocycles. The van der Waals surface area contributed by atoms with E-state index < -0.39 is 0 Å². The monoisotopic (exact) mass is 412 g/mol. The lowest BCUT2D eigenvalue weighted by Crippen LogP contribution is -2.56. The highest BCUT2D eigenvalue weighted by Gasteiger charge is 2.65. The molecule has 30 heavy (non-hydrogen) atoms. The number of allylic oxidation sites excluding steroid dienone is 1. The Labute approximate surface area is 186 Å². The molecule has 1 nitrogen and oxygen atoms in total. The summed E-state index contributed by atoms with van der Waals surface area (Å²) in [5.74, 6) is 4.72. The summed E-state index contributed by atoms with van der Waals surface area (Å²) in [6.45, 7) is 17.4. The summed E-state index contributed by atoms with van der Waals surface area (Å²) in [7, 11) is 0. The van der Waals surface area contributed by atoms with Gasteiger partial charge in [0.15, 0.2) is 5.78 Å². The van der Waals surface area contributed by atoms with Crippen LogP contribution in [0.15, 0.2) is 11.1 Å². The van der Waals surface area contributed by atoms with Gasteiger partial charge in [0.25, 0.3) is 0 Å². The van der Waals surface area contributed by atoms with E-state index >= 15 is 0 Å². The van der Waals surface area contributed by atoms with Crippen LogP contribution in [-0.4, -0.2) is 5.78 Å². The van der Waals surface area contributed by atoms with E-state index in [1.54, 1.807) is 5.57 Å². The molecule has 4 aliphatic rings. The first-order chi connectivity index (χ1) is 14.0. The number of rotatable bonds is 5. The van der Waals surface area contributed by atoms with E-state index in [1.165, 1.54) is 57.8 Å². The summed E-state index contributed by atoms with van der Waals surface area (Å²) in [4.78, 5) is 12.4. The van der Waals surface area contributed by atoms with Crippen molar-refractivity contribution in [2.75, 3.05) is 0 Å². The highest BCUT2D eigenvalue weighted by molar-refractivity contribution is 5.96. The molecule has 4 rings (SSSR count). The molecular formula is C29H48O. The number of carbonyl (C=O) groups excluding carboxylic acids is 1. The zero-order valence-corrected chi connectivity index (χ0v) is 21.1. The fourth-order valence-electron chi connectivity index (χ4n) is 9.40. The van der Waals surface area contributed by atoms with Crippen LogP contribution in [0.1, 0.15) is 119 Å². The normalized spacial score (nSPS) is 44.7. The Balaban J connectivity index is 1.57. The third kappa shape index (κ3) is 3.19. The van der Waals surface area contributed by atoms with E-state index in [-0.39, 0.29) is 0 Å². The molecule has 7 atom stereocenters. The third-order valence-corrected chi connectivity index (χ3v) is 11.5. The standard InChI is InChI=1S/C29H48O/c1-19(2)9-8-10-20(3)22-13-17-29(7)25-12-11-23-21(4)26(30)15-16-27(23,5)24(25)14-18-28(22,29)6/h19-20,22,24-25H,8-18H2,1-7H3. The second-order valence-corrected chi connectivity index (χ2v) is 13.0. The highest BCUT2D eigenvalue weighted by Crippen LogP contribution is 2.73. The molecule has 170 valence electrons. The van der Waals surface area contributed by atoms with Crippen molar-refractivity contribution in [1.29, 1.82) is 0 Å². The van der Waals surface area contributed by atoms with E-state index in [9.17, 15) is 4.79 Å². The molecule has 0 aromatic heterocycles. The first kappa shape index (κ1) is 22.6. The van der Waals surface area contributed by atoms with Gasteiger partial charge in [-0.1, -0.05) is 66.4 Å². The van der Waals surface area contributed by atoms with Crippen molar-refractivity contribution in [2.45, 2.75) is 119 Å². The lowest BCUT2D eigenvalue weighted by atomic mass is 9.41.